The maximum absolute atomic E-state index is 12.6. The topological polar surface area (TPSA) is 43.1 Å². The Bertz CT molecular complexity index is 778. The van der Waals surface area contributed by atoms with Crippen LogP contribution >= 0.6 is 0 Å². The summed E-state index contributed by atoms with van der Waals surface area (Å²) in [6, 6.07) is 24.8. The number of carbonyl (C=O) groups is 1. The SMILES string of the molecule is Nc1ccccc1C(=O)c1cccc(-c2ccccc2)c1. The maximum Gasteiger partial charge on any atom is 0.195 e. The molecule has 0 amide bonds. The summed E-state index contributed by atoms with van der Waals surface area (Å²) in [5.74, 6) is -0.0501. The molecule has 2 nitrogen and oxygen atoms in total. The molecule has 0 aliphatic rings. The van der Waals surface area contributed by atoms with Gasteiger partial charge in [0.1, 0.15) is 0 Å². The number of benzene rings is 3. The summed E-state index contributed by atoms with van der Waals surface area (Å²) >= 11 is 0. The van der Waals surface area contributed by atoms with Crippen LogP contribution in [-0.4, -0.2) is 5.78 Å². The molecule has 3 aromatic rings. The van der Waals surface area contributed by atoms with Gasteiger partial charge in [-0.15, -0.1) is 0 Å². The fourth-order valence-corrected chi connectivity index (χ4v) is 2.33. The third-order valence-electron chi connectivity index (χ3n) is 3.44. The molecule has 0 saturated heterocycles. The highest BCUT2D eigenvalue weighted by Gasteiger charge is 2.12. The molecule has 2 heteroatoms. The van der Waals surface area contributed by atoms with Gasteiger partial charge >= 0.3 is 0 Å². The zero-order chi connectivity index (χ0) is 14.7. The Kier molecular flexibility index (Phi) is 3.52. The van der Waals surface area contributed by atoms with Crippen molar-refractivity contribution in [3.63, 3.8) is 0 Å². The van der Waals surface area contributed by atoms with Gasteiger partial charge < -0.3 is 5.73 Å². The number of para-hydroxylation sites is 1. The van der Waals surface area contributed by atoms with E-state index in [-0.39, 0.29) is 5.78 Å². The summed E-state index contributed by atoms with van der Waals surface area (Å²) in [5.41, 5.74) is 9.70. The molecule has 3 aromatic carbocycles. The molecule has 0 fully saturated rings. The van der Waals surface area contributed by atoms with Crippen LogP contribution in [0.4, 0.5) is 5.69 Å². The van der Waals surface area contributed by atoms with Crippen molar-refractivity contribution in [1.82, 2.24) is 0 Å². The van der Waals surface area contributed by atoms with Crippen LogP contribution in [0.3, 0.4) is 0 Å². The Morgan fingerprint density at radius 2 is 1.38 bits per heavy atom. The lowest BCUT2D eigenvalue weighted by molar-refractivity contribution is 0.103. The molecule has 0 unspecified atom stereocenters. The van der Waals surface area contributed by atoms with E-state index in [1.165, 1.54) is 0 Å². The second kappa shape index (κ2) is 5.63. The molecule has 21 heavy (non-hydrogen) atoms. The Hall–Kier alpha value is -2.87. The van der Waals surface area contributed by atoms with Crippen LogP contribution in [0, 0.1) is 0 Å². The predicted molar refractivity (Wildman–Crippen MR) is 86.2 cm³/mol. The molecule has 0 radical (unpaired) electrons. The van der Waals surface area contributed by atoms with Gasteiger partial charge in [-0.05, 0) is 29.3 Å². The van der Waals surface area contributed by atoms with Gasteiger partial charge in [-0.1, -0.05) is 60.7 Å². The normalized spacial score (nSPS) is 10.3. The number of nitrogen functional groups attached to an aromatic ring is 1. The quantitative estimate of drug-likeness (QED) is 0.575. The van der Waals surface area contributed by atoms with Crippen LogP contribution in [0.15, 0.2) is 78.9 Å². The monoisotopic (exact) mass is 273 g/mol. The van der Waals surface area contributed by atoms with E-state index in [1.807, 2.05) is 66.7 Å². The van der Waals surface area contributed by atoms with E-state index in [2.05, 4.69) is 0 Å². The van der Waals surface area contributed by atoms with E-state index in [1.54, 1.807) is 12.1 Å². The molecule has 2 N–H and O–H groups in total. The van der Waals surface area contributed by atoms with Gasteiger partial charge in [-0.2, -0.15) is 0 Å². The number of anilines is 1. The van der Waals surface area contributed by atoms with Gasteiger partial charge in [0, 0.05) is 16.8 Å². The van der Waals surface area contributed by atoms with Gasteiger partial charge in [0.15, 0.2) is 5.78 Å². The average molecular weight is 273 g/mol. The summed E-state index contributed by atoms with van der Waals surface area (Å²) in [6.45, 7) is 0. The van der Waals surface area contributed by atoms with Crippen molar-refractivity contribution >= 4 is 11.5 Å². The van der Waals surface area contributed by atoms with Crippen LogP contribution in [-0.2, 0) is 0 Å². The minimum atomic E-state index is -0.0501. The first-order valence-corrected chi connectivity index (χ1v) is 6.80. The molecular formula is C19H15NO. The highest BCUT2D eigenvalue weighted by atomic mass is 16.1. The molecule has 0 heterocycles. The van der Waals surface area contributed by atoms with Crippen LogP contribution in [0.5, 0.6) is 0 Å². The van der Waals surface area contributed by atoms with Gasteiger partial charge in [0.05, 0.1) is 0 Å². The fourth-order valence-electron chi connectivity index (χ4n) is 2.33. The third-order valence-corrected chi connectivity index (χ3v) is 3.44. The van der Waals surface area contributed by atoms with Crippen molar-refractivity contribution in [3.8, 4) is 11.1 Å². The van der Waals surface area contributed by atoms with Gasteiger partial charge in [-0.3, -0.25) is 4.79 Å². The maximum atomic E-state index is 12.6. The first-order valence-electron chi connectivity index (χ1n) is 6.80. The van der Waals surface area contributed by atoms with E-state index in [0.717, 1.165) is 11.1 Å². The van der Waals surface area contributed by atoms with Crippen molar-refractivity contribution < 1.29 is 4.79 Å². The van der Waals surface area contributed by atoms with Gasteiger partial charge in [0.2, 0.25) is 0 Å². The number of hydrogen-bond donors (Lipinski definition) is 1. The predicted octanol–water partition coefficient (Wildman–Crippen LogP) is 4.17. The zero-order valence-electron chi connectivity index (χ0n) is 11.5. The van der Waals surface area contributed by atoms with E-state index in [4.69, 9.17) is 5.73 Å². The molecule has 102 valence electrons. The molecule has 0 atom stereocenters. The van der Waals surface area contributed by atoms with Gasteiger partial charge in [0.25, 0.3) is 0 Å². The summed E-state index contributed by atoms with van der Waals surface area (Å²) in [4.78, 5) is 12.6. The first-order chi connectivity index (χ1) is 10.3. The summed E-state index contributed by atoms with van der Waals surface area (Å²) in [7, 11) is 0. The molecular weight excluding hydrogens is 258 g/mol. The zero-order valence-corrected chi connectivity index (χ0v) is 11.5. The van der Waals surface area contributed by atoms with Crippen LogP contribution in [0.2, 0.25) is 0 Å². The smallest absolute Gasteiger partial charge is 0.195 e. The van der Waals surface area contributed by atoms with Crippen molar-refractivity contribution in [2.24, 2.45) is 0 Å². The Morgan fingerprint density at radius 1 is 0.714 bits per heavy atom. The Balaban J connectivity index is 2.01. The third kappa shape index (κ3) is 2.70. The second-order valence-corrected chi connectivity index (χ2v) is 4.86. The number of carbonyl (C=O) groups excluding carboxylic acids is 1. The van der Waals surface area contributed by atoms with Crippen LogP contribution in [0.1, 0.15) is 15.9 Å². The van der Waals surface area contributed by atoms with E-state index < -0.39 is 0 Å². The van der Waals surface area contributed by atoms with Crippen molar-refractivity contribution in [1.29, 1.82) is 0 Å². The van der Waals surface area contributed by atoms with Crippen LogP contribution < -0.4 is 5.73 Å². The van der Waals surface area contributed by atoms with Crippen molar-refractivity contribution in [2.75, 3.05) is 5.73 Å². The molecule has 0 saturated carbocycles. The van der Waals surface area contributed by atoms with Crippen LogP contribution in [0.25, 0.3) is 11.1 Å². The lowest BCUT2D eigenvalue weighted by Crippen LogP contribution is -2.05. The minimum Gasteiger partial charge on any atom is -0.398 e. The number of ketones is 1. The molecule has 0 aliphatic carbocycles. The fraction of sp³-hybridized carbons (Fsp3) is 0. The van der Waals surface area contributed by atoms with Gasteiger partial charge in [-0.25, -0.2) is 0 Å². The highest BCUT2D eigenvalue weighted by molar-refractivity contribution is 6.12. The number of rotatable bonds is 3. The average Bonchev–Trinajstić information content (AvgIpc) is 2.56. The molecule has 0 aromatic heterocycles. The lowest BCUT2D eigenvalue weighted by Gasteiger charge is -2.07. The summed E-state index contributed by atoms with van der Waals surface area (Å²) in [5, 5.41) is 0. The lowest BCUT2D eigenvalue weighted by atomic mass is 9.97. The highest BCUT2D eigenvalue weighted by Crippen LogP contribution is 2.22. The second-order valence-electron chi connectivity index (χ2n) is 4.86. The largest absolute Gasteiger partial charge is 0.398 e. The van der Waals surface area contributed by atoms with Crippen molar-refractivity contribution in [2.45, 2.75) is 0 Å². The molecule has 3 rings (SSSR count). The molecule has 0 bridgehead atoms. The molecule has 0 aliphatic heterocycles. The van der Waals surface area contributed by atoms with E-state index in [9.17, 15) is 4.79 Å². The number of nitrogens with two attached hydrogens (primary N) is 1. The molecule has 0 spiro atoms. The Morgan fingerprint density at radius 3 is 2.14 bits per heavy atom. The van der Waals surface area contributed by atoms with Crippen molar-refractivity contribution in [3.05, 3.63) is 90.0 Å². The van der Waals surface area contributed by atoms with E-state index >= 15 is 0 Å². The summed E-state index contributed by atoms with van der Waals surface area (Å²) in [6.07, 6.45) is 0. The Labute approximate surface area is 123 Å². The van der Waals surface area contributed by atoms with E-state index in [0.29, 0.717) is 16.8 Å². The number of hydrogen-bond acceptors (Lipinski definition) is 2. The first kappa shape index (κ1) is 13.1. The minimum absolute atomic E-state index is 0.0501. The summed E-state index contributed by atoms with van der Waals surface area (Å²) < 4.78 is 0. The standard InChI is InChI=1S/C19H15NO/c20-18-12-5-4-11-17(18)19(21)16-10-6-9-15(13-16)14-7-2-1-3-8-14/h1-13H,20H2.